The summed E-state index contributed by atoms with van der Waals surface area (Å²) < 4.78 is 5.62. The zero-order valence-electron chi connectivity index (χ0n) is 10.7. The number of carbonyl (C=O) groups is 1. The van der Waals surface area contributed by atoms with E-state index >= 15 is 0 Å². The van der Waals surface area contributed by atoms with Gasteiger partial charge in [0.15, 0.2) is 0 Å². The minimum atomic E-state index is -0.835. The Morgan fingerprint density at radius 1 is 1.26 bits per heavy atom. The maximum atomic E-state index is 10.6. The molecular weight excluding hydrogens is 242 g/mol. The summed E-state index contributed by atoms with van der Waals surface area (Å²) in [4.78, 5) is 14.8. The van der Waals surface area contributed by atoms with Crippen molar-refractivity contribution < 1.29 is 14.6 Å². The molecule has 1 aromatic carbocycles. The topological polar surface area (TPSA) is 59.4 Å². The second-order valence-electron chi connectivity index (χ2n) is 4.27. The first-order valence-corrected chi connectivity index (χ1v) is 5.99. The molecule has 1 N–H and O–H groups in total. The summed E-state index contributed by atoms with van der Waals surface area (Å²) in [6.07, 6.45) is 1.77. The predicted octanol–water partition coefficient (Wildman–Crippen LogP) is 2.60. The van der Waals surface area contributed by atoms with Crippen LogP contribution in [0.25, 0.3) is 0 Å². The summed E-state index contributed by atoms with van der Waals surface area (Å²) >= 11 is 0. The van der Waals surface area contributed by atoms with Crippen molar-refractivity contribution in [3.05, 3.63) is 59.4 Å². The van der Waals surface area contributed by atoms with Gasteiger partial charge in [0, 0.05) is 6.20 Å². The molecule has 0 bridgehead atoms. The van der Waals surface area contributed by atoms with Gasteiger partial charge in [-0.25, -0.2) is 0 Å². The lowest BCUT2D eigenvalue weighted by Gasteiger charge is -2.08. The Hall–Kier alpha value is -2.36. The zero-order chi connectivity index (χ0) is 13.7. The van der Waals surface area contributed by atoms with E-state index in [4.69, 9.17) is 9.84 Å². The molecule has 0 radical (unpaired) electrons. The Kier molecular flexibility index (Phi) is 4.13. The second-order valence-corrected chi connectivity index (χ2v) is 4.27. The highest BCUT2D eigenvalue weighted by molar-refractivity contribution is 5.70. The summed E-state index contributed by atoms with van der Waals surface area (Å²) in [7, 11) is 0. The molecule has 2 rings (SSSR count). The van der Waals surface area contributed by atoms with E-state index in [1.54, 1.807) is 30.5 Å². The van der Waals surface area contributed by atoms with Crippen LogP contribution in [0.2, 0.25) is 0 Å². The van der Waals surface area contributed by atoms with E-state index in [9.17, 15) is 4.79 Å². The van der Waals surface area contributed by atoms with Crippen molar-refractivity contribution in [2.45, 2.75) is 20.0 Å². The fraction of sp³-hybridized carbons (Fsp3) is 0.200. The minimum Gasteiger partial charge on any atom is -0.487 e. The maximum absolute atomic E-state index is 10.6. The molecule has 0 saturated carbocycles. The lowest BCUT2D eigenvalue weighted by atomic mass is 10.1. The van der Waals surface area contributed by atoms with Crippen molar-refractivity contribution in [2.75, 3.05) is 0 Å². The van der Waals surface area contributed by atoms with Crippen molar-refractivity contribution in [2.24, 2.45) is 0 Å². The molecule has 0 fully saturated rings. The number of ether oxygens (including phenoxy) is 1. The van der Waals surface area contributed by atoms with Crippen LogP contribution in [0.1, 0.15) is 16.8 Å². The van der Waals surface area contributed by atoms with Crippen LogP contribution in [0.5, 0.6) is 5.75 Å². The molecule has 0 saturated heterocycles. The molecule has 2 aromatic rings. The normalized spacial score (nSPS) is 10.2. The van der Waals surface area contributed by atoms with Gasteiger partial charge in [0.2, 0.25) is 0 Å². The fourth-order valence-corrected chi connectivity index (χ4v) is 1.70. The molecule has 0 aliphatic heterocycles. The number of aromatic nitrogens is 1. The molecule has 0 unspecified atom stereocenters. The Balaban J connectivity index is 1.97. The van der Waals surface area contributed by atoms with Crippen LogP contribution in [0, 0.1) is 6.92 Å². The minimum absolute atomic E-state index is 0.0274. The lowest BCUT2D eigenvalue weighted by Crippen LogP contribution is -2.01. The molecule has 0 aliphatic rings. The molecule has 4 nitrogen and oxygen atoms in total. The van der Waals surface area contributed by atoms with Gasteiger partial charge in [-0.3, -0.25) is 9.78 Å². The number of aliphatic carboxylic acids is 1. The van der Waals surface area contributed by atoms with Gasteiger partial charge in [0.1, 0.15) is 12.4 Å². The molecular formula is C15H15NO3. The smallest absolute Gasteiger partial charge is 0.307 e. The van der Waals surface area contributed by atoms with E-state index in [1.807, 2.05) is 19.1 Å². The number of carboxylic acid groups (broad SMARTS) is 1. The molecule has 4 heteroatoms. The predicted molar refractivity (Wildman–Crippen MR) is 71.1 cm³/mol. The van der Waals surface area contributed by atoms with Gasteiger partial charge >= 0.3 is 5.97 Å². The Morgan fingerprint density at radius 2 is 2.00 bits per heavy atom. The van der Waals surface area contributed by atoms with Gasteiger partial charge in [-0.1, -0.05) is 18.2 Å². The van der Waals surface area contributed by atoms with Crippen LogP contribution in [-0.2, 0) is 17.8 Å². The standard InChI is InChI=1S/C15H15NO3/c1-11-3-2-8-16-14(11)10-19-13-6-4-12(5-7-13)9-15(17)18/h2-8H,9-10H2,1H3,(H,17,18). The van der Waals surface area contributed by atoms with E-state index in [1.165, 1.54) is 0 Å². The fourth-order valence-electron chi connectivity index (χ4n) is 1.70. The van der Waals surface area contributed by atoms with Crippen molar-refractivity contribution in [1.82, 2.24) is 4.98 Å². The molecule has 0 atom stereocenters. The van der Waals surface area contributed by atoms with Gasteiger partial charge < -0.3 is 9.84 Å². The number of carboxylic acids is 1. The van der Waals surface area contributed by atoms with Crippen LogP contribution in [0.3, 0.4) is 0 Å². The molecule has 1 heterocycles. The third-order valence-electron chi connectivity index (χ3n) is 2.77. The number of pyridine rings is 1. The number of hydrogen-bond acceptors (Lipinski definition) is 3. The summed E-state index contributed by atoms with van der Waals surface area (Å²) in [6, 6.07) is 10.9. The third kappa shape index (κ3) is 3.81. The third-order valence-corrected chi connectivity index (χ3v) is 2.77. The highest BCUT2D eigenvalue weighted by Crippen LogP contribution is 2.15. The number of hydrogen-bond donors (Lipinski definition) is 1. The van der Waals surface area contributed by atoms with Crippen LogP contribution < -0.4 is 4.74 Å². The second kappa shape index (κ2) is 6.00. The molecule has 0 spiro atoms. The van der Waals surface area contributed by atoms with Gasteiger partial charge in [0.05, 0.1) is 12.1 Å². The van der Waals surface area contributed by atoms with Crippen molar-refractivity contribution in [3.63, 3.8) is 0 Å². The van der Waals surface area contributed by atoms with Crippen molar-refractivity contribution in [3.8, 4) is 5.75 Å². The van der Waals surface area contributed by atoms with Gasteiger partial charge in [-0.05, 0) is 36.2 Å². The van der Waals surface area contributed by atoms with Gasteiger partial charge in [-0.2, -0.15) is 0 Å². The van der Waals surface area contributed by atoms with Crippen molar-refractivity contribution >= 4 is 5.97 Å². The van der Waals surface area contributed by atoms with E-state index in [0.29, 0.717) is 12.4 Å². The van der Waals surface area contributed by atoms with E-state index in [0.717, 1.165) is 16.8 Å². The first kappa shape index (κ1) is 13.1. The highest BCUT2D eigenvalue weighted by atomic mass is 16.5. The van der Waals surface area contributed by atoms with Crippen LogP contribution in [-0.4, -0.2) is 16.1 Å². The highest BCUT2D eigenvalue weighted by Gasteiger charge is 2.02. The average Bonchev–Trinajstić information content (AvgIpc) is 2.39. The molecule has 0 amide bonds. The van der Waals surface area contributed by atoms with Crippen LogP contribution in [0.15, 0.2) is 42.6 Å². The molecule has 0 aliphatic carbocycles. The molecule has 19 heavy (non-hydrogen) atoms. The zero-order valence-corrected chi connectivity index (χ0v) is 10.7. The largest absolute Gasteiger partial charge is 0.487 e. The Morgan fingerprint density at radius 3 is 2.63 bits per heavy atom. The summed E-state index contributed by atoms with van der Waals surface area (Å²) in [5.41, 5.74) is 2.75. The van der Waals surface area contributed by atoms with Gasteiger partial charge in [-0.15, -0.1) is 0 Å². The quantitative estimate of drug-likeness (QED) is 0.894. The summed E-state index contributed by atoms with van der Waals surface area (Å²) in [6.45, 7) is 2.40. The van der Waals surface area contributed by atoms with E-state index < -0.39 is 5.97 Å². The Bertz CT molecular complexity index is 564. The van der Waals surface area contributed by atoms with Gasteiger partial charge in [0.25, 0.3) is 0 Å². The number of nitrogens with zero attached hydrogens (tertiary/aromatic N) is 1. The SMILES string of the molecule is Cc1cccnc1COc1ccc(CC(=O)O)cc1. The molecule has 98 valence electrons. The first-order chi connectivity index (χ1) is 9.15. The lowest BCUT2D eigenvalue weighted by molar-refractivity contribution is -0.136. The number of rotatable bonds is 5. The van der Waals surface area contributed by atoms with Crippen LogP contribution >= 0.6 is 0 Å². The monoisotopic (exact) mass is 257 g/mol. The number of benzene rings is 1. The maximum Gasteiger partial charge on any atom is 0.307 e. The van der Waals surface area contributed by atoms with Crippen molar-refractivity contribution in [1.29, 1.82) is 0 Å². The van der Waals surface area contributed by atoms with E-state index in [-0.39, 0.29) is 6.42 Å². The molecule has 1 aromatic heterocycles. The Labute approximate surface area is 111 Å². The van der Waals surface area contributed by atoms with E-state index in [2.05, 4.69) is 4.98 Å². The van der Waals surface area contributed by atoms with Crippen LogP contribution in [0.4, 0.5) is 0 Å². The summed E-state index contributed by atoms with van der Waals surface area (Å²) in [5.74, 6) is -0.128. The first-order valence-electron chi connectivity index (χ1n) is 5.99. The number of aryl methyl sites for hydroxylation is 1. The average molecular weight is 257 g/mol. The summed E-state index contributed by atoms with van der Waals surface area (Å²) in [5, 5.41) is 8.68.